The van der Waals surface area contributed by atoms with E-state index in [9.17, 15) is 4.79 Å². The number of hydrogen-bond donors (Lipinski definition) is 2. The molecule has 15 heavy (non-hydrogen) atoms. The van der Waals surface area contributed by atoms with Crippen LogP contribution in [0.15, 0.2) is 24.3 Å². The number of amides is 1. The molecule has 1 atom stereocenters. The first kappa shape index (κ1) is 12.0. The topological polar surface area (TPSA) is 55.1 Å². The second-order valence-electron chi connectivity index (χ2n) is 3.35. The molecule has 1 amide bonds. The molecule has 4 heteroatoms. The number of benzene rings is 1. The Hall–Kier alpha value is -1.06. The molecule has 0 spiro atoms. The Balaban J connectivity index is 2.63. The van der Waals surface area contributed by atoms with E-state index in [0.717, 1.165) is 5.56 Å². The van der Waals surface area contributed by atoms with Gasteiger partial charge in [0.2, 0.25) is 5.91 Å². The van der Waals surface area contributed by atoms with Crippen molar-refractivity contribution in [2.24, 2.45) is 5.73 Å². The van der Waals surface area contributed by atoms with Gasteiger partial charge < -0.3 is 11.1 Å². The number of hydrogen-bond acceptors (Lipinski definition) is 2. The lowest BCUT2D eigenvalue weighted by molar-refractivity contribution is -0.122. The van der Waals surface area contributed by atoms with E-state index >= 15 is 0 Å². The van der Waals surface area contributed by atoms with Crippen LogP contribution in [0.4, 0.5) is 0 Å². The highest BCUT2D eigenvalue weighted by atomic mass is 35.5. The second kappa shape index (κ2) is 5.73. The van der Waals surface area contributed by atoms with Gasteiger partial charge in [0.15, 0.2) is 0 Å². The van der Waals surface area contributed by atoms with E-state index < -0.39 is 0 Å². The molecular weight excluding hydrogens is 212 g/mol. The molecule has 0 aliphatic heterocycles. The summed E-state index contributed by atoms with van der Waals surface area (Å²) in [6, 6.07) is 7.28. The largest absolute Gasteiger partial charge is 0.354 e. The van der Waals surface area contributed by atoms with E-state index in [2.05, 4.69) is 5.32 Å². The minimum Gasteiger partial charge on any atom is -0.354 e. The molecule has 1 aromatic rings. The van der Waals surface area contributed by atoms with Gasteiger partial charge in [0.1, 0.15) is 0 Å². The molecule has 0 aromatic heterocycles. The van der Waals surface area contributed by atoms with Crippen molar-refractivity contribution in [3.05, 3.63) is 34.9 Å². The molecule has 0 bridgehead atoms. The van der Waals surface area contributed by atoms with Gasteiger partial charge in [0.25, 0.3) is 0 Å². The molecule has 0 saturated heterocycles. The van der Waals surface area contributed by atoms with Crippen molar-refractivity contribution < 1.29 is 4.79 Å². The Morgan fingerprint density at radius 2 is 2.07 bits per heavy atom. The van der Waals surface area contributed by atoms with Gasteiger partial charge in [0.05, 0.1) is 5.92 Å². The lowest BCUT2D eigenvalue weighted by Gasteiger charge is -2.11. The fourth-order valence-electron chi connectivity index (χ4n) is 1.25. The predicted molar refractivity (Wildman–Crippen MR) is 61.9 cm³/mol. The molecule has 1 rings (SSSR count). The van der Waals surface area contributed by atoms with Crippen molar-refractivity contribution in [3.63, 3.8) is 0 Å². The van der Waals surface area contributed by atoms with E-state index in [1.165, 1.54) is 0 Å². The van der Waals surface area contributed by atoms with E-state index in [0.29, 0.717) is 18.1 Å². The van der Waals surface area contributed by atoms with Crippen molar-refractivity contribution in [1.82, 2.24) is 5.32 Å². The number of nitrogens with two attached hydrogens (primary N) is 1. The van der Waals surface area contributed by atoms with E-state index in [4.69, 9.17) is 17.3 Å². The average Bonchev–Trinajstić information content (AvgIpc) is 2.26. The molecule has 0 radical (unpaired) electrons. The maximum absolute atomic E-state index is 11.6. The van der Waals surface area contributed by atoms with Crippen LogP contribution >= 0.6 is 11.6 Å². The summed E-state index contributed by atoms with van der Waals surface area (Å²) in [6.07, 6.45) is 0. The lowest BCUT2D eigenvalue weighted by atomic mass is 10.0. The first-order chi connectivity index (χ1) is 7.15. The zero-order valence-corrected chi connectivity index (χ0v) is 9.42. The van der Waals surface area contributed by atoms with Gasteiger partial charge in [0, 0.05) is 18.1 Å². The Morgan fingerprint density at radius 3 is 2.60 bits per heavy atom. The van der Waals surface area contributed by atoms with Crippen LogP contribution in [-0.2, 0) is 4.79 Å². The molecule has 0 fully saturated rings. The number of carbonyl (C=O) groups is 1. The summed E-state index contributed by atoms with van der Waals surface area (Å²) in [7, 11) is 0. The van der Waals surface area contributed by atoms with Crippen LogP contribution < -0.4 is 11.1 Å². The van der Waals surface area contributed by atoms with Crippen LogP contribution in [0.5, 0.6) is 0 Å². The molecule has 0 saturated carbocycles. The van der Waals surface area contributed by atoms with Crippen molar-refractivity contribution in [3.8, 4) is 0 Å². The maximum atomic E-state index is 11.6. The third kappa shape index (κ3) is 3.53. The predicted octanol–water partition coefficient (Wildman–Crippen LogP) is 1.52. The summed E-state index contributed by atoms with van der Waals surface area (Å²) in [5.41, 5.74) is 6.26. The molecule has 0 heterocycles. The van der Waals surface area contributed by atoms with Crippen molar-refractivity contribution in [1.29, 1.82) is 0 Å². The number of carbonyl (C=O) groups excluding carboxylic acids is 1. The molecule has 82 valence electrons. The molecule has 1 aromatic carbocycles. The van der Waals surface area contributed by atoms with Gasteiger partial charge in [-0.05, 0) is 24.6 Å². The molecule has 0 aliphatic rings. The van der Waals surface area contributed by atoms with Crippen molar-refractivity contribution in [2.75, 3.05) is 13.1 Å². The zero-order valence-electron chi connectivity index (χ0n) is 8.66. The van der Waals surface area contributed by atoms with Gasteiger partial charge >= 0.3 is 0 Å². The lowest BCUT2D eigenvalue weighted by Crippen LogP contribution is -2.32. The summed E-state index contributed by atoms with van der Waals surface area (Å²) in [4.78, 5) is 11.6. The van der Waals surface area contributed by atoms with Crippen LogP contribution in [0, 0.1) is 0 Å². The SMILES string of the molecule is CC(C(=O)NCCN)c1ccc(Cl)cc1. The Bertz CT molecular complexity index is 324. The van der Waals surface area contributed by atoms with Crippen LogP contribution in [0.2, 0.25) is 5.02 Å². The Labute approximate surface area is 94.6 Å². The standard InChI is InChI=1S/C11H15ClN2O/c1-8(11(15)14-7-6-13)9-2-4-10(12)5-3-9/h2-5,8H,6-7,13H2,1H3,(H,14,15). The number of nitrogens with one attached hydrogen (secondary N) is 1. The highest BCUT2D eigenvalue weighted by Crippen LogP contribution is 2.17. The summed E-state index contributed by atoms with van der Waals surface area (Å²) < 4.78 is 0. The van der Waals surface area contributed by atoms with E-state index in [-0.39, 0.29) is 11.8 Å². The maximum Gasteiger partial charge on any atom is 0.227 e. The molecule has 0 aliphatic carbocycles. The highest BCUT2D eigenvalue weighted by Gasteiger charge is 2.13. The monoisotopic (exact) mass is 226 g/mol. The fraction of sp³-hybridized carbons (Fsp3) is 0.364. The van der Waals surface area contributed by atoms with Crippen molar-refractivity contribution in [2.45, 2.75) is 12.8 Å². The third-order valence-corrected chi connectivity index (χ3v) is 2.46. The average molecular weight is 227 g/mol. The first-order valence-corrected chi connectivity index (χ1v) is 5.26. The second-order valence-corrected chi connectivity index (χ2v) is 3.79. The van der Waals surface area contributed by atoms with E-state index in [1.807, 2.05) is 19.1 Å². The summed E-state index contributed by atoms with van der Waals surface area (Å²) in [5, 5.41) is 3.42. The third-order valence-electron chi connectivity index (χ3n) is 2.21. The quantitative estimate of drug-likeness (QED) is 0.818. The summed E-state index contributed by atoms with van der Waals surface area (Å²) in [5.74, 6) is -0.184. The molecular formula is C11H15ClN2O. The molecule has 3 nitrogen and oxygen atoms in total. The van der Waals surface area contributed by atoms with Crippen LogP contribution in [-0.4, -0.2) is 19.0 Å². The van der Waals surface area contributed by atoms with E-state index in [1.54, 1.807) is 12.1 Å². The molecule has 1 unspecified atom stereocenters. The van der Waals surface area contributed by atoms with Crippen molar-refractivity contribution >= 4 is 17.5 Å². The minimum absolute atomic E-state index is 0.0113. The van der Waals surface area contributed by atoms with Crippen LogP contribution in [0.1, 0.15) is 18.4 Å². The van der Waals surface area contributed by atoms with Gasteiger partial charge in [-0.3, -0.25) is 4.79 Å². The van der Waals surface area contributed by atoms with Gasteiger partial charge in [-0.25, -0.2) is 0 Å². The zero-order chi connectivity index (χ0) is 11.3. The number of halogens is 1. The van der Waals surface area contributed by atoms with Gasteiger partial charge in [-0.1, -0.05) is 23.7 Å². The fourth-order valence-corrected chi connectivity index (χ4v) is 1.38. The minimum atomic E-state index is -0.172. The molecule has 3 N–H and O–H groups in total. The first-order valence-electron chi connectivity index (χ1n) is 4.88. The van der Waals surface area contributed by atoms with Gasteiger partial charge in [-0.15, -0.1) is 0 Å². The highest BCUT2D eigenvalue weighted by molar-refractivity contribution is 6.30. The summed E-state index contributed by atoms with van der Waals surface area (Å²) in [6.45, 7) is 2.82. The summed E-state index contributed by atoms with van der Waals surface area (Å²) >= 11 is 5.76. The number of rotatable bonds is 4. The van der Waals surface area contributed by atoms with Gasteiger partial charge in [-0.2, -0.15) is 0 Å². The smallest absolute Gasteiger partial charge is 0.227 e. The van der Waals surface area contributed by atoms with Crippen LogP contribution in [0.3, 0.4) is 0 Å². The Morgan fingerprint density at radius 1 is 1.47 bits per heavy atom. The normalized spacial score (nSPS) is 12.2. The Kier molecular flexibility index (Phi) is 4.59. The van der Waals surface area contributed by atoms with Crippen LogP contribution in [0.25, 0.3) is 0 Å².